The van der Waals surface area contributed by atoms with E-state index in [0.29, 0.717) is 6.54 Å². The van der Waals surface area contributed by atoms with E-state index in [1.807, 2.05) is 0 Å². The van der Waals surface area contributed by atoms with E-state index in [0.717, 1.165) is 12.8 Å². The third-order valence-corrected chi connectivity index (χ3v) is 3.32. The van der Waals surface area contributed by atoms with Crippen LogP contribution in [0.1, 0.15) is 26.7 Å². The maximum absolute atomic E-state index is 12.0. The number of carbonyl (C=O) groups excluding carboxylic acids is 3. The van der Waals surface area contributed by atoms with Gasteiger partial charge in [0, 0.05) is 18.9 Å². The zero-order valence-electron chi connectivity index (χ0n) is 9.49. The minimum Gasteiger partial charge on any atom is -0.464 e. The molecular weight excluding hydrogens is 210 g/mol. The van der Waals surface area contributed by atoms with Crippen LogP contribution < -0.4 is 0 Å². The molecule has 1 heterocycles. The SMILES string of the molecule is CCOC(=O)[C@@H]1C(=O)C2(CC2)CN1C(C)=O. The molecule has 1 saturated carbocycles. The minimum atomic E-state index is -1.00. The highest BCUT2D eigenvalue weighted by atomic mass is 16.5. The Kier molecular flexibility index (Phi) is 2.48. The first-order valence-electron chi connectivity index (χ1n) is 5.50. The Bertz CT molecular complexity index is 359. The zero-order valence-corrected chi connectivity index (χ0v) is 9.49. The first kappa shape index (κ1) is 11.1. The minimum absolute atomic E-state index is 0.138. The molecule has 1 atom stereocenters. The van der Waals surface area contributed by atoms with Crippen LogP contribution in [0.5, 0.6) is 0 Å². The smallest absolute Gasteiger partial charge is 0.336 e. The maximum Gasteiger partial charge on any atom is 0.336 e. The van der Waals surface area contributed by atoms with E-state index in [9.17, 15) is 14.4 Å². The lowest BCUT2D eigenvalue weighted by Gasteiger charge is -2.19. The maximum atomic E-state index is 12.0. The lowest BCUT2D eigenvalue weighted by atomic mass is 10.0. The summed E-state index contributed by atoms with van der Waals surface area (Å²) >= 11 is 0. The van der Waals surface area contributed by atoms with Gasteiger partial charge in [-0.25, -0.2) is 4.79 Å². The summed E-state index contributed by atoms with van der Waals surface area (Å²) in [6.07, 6.45) is 1.57. The highest BCUT2D eigenvalue weighted by Gasteiger charge is 2.62. The summed E-state index contributed by atoms with van der Waals surface area (Å²) in [7, 11) is 0. The van der Waals surface area contributed by atoms with Crippen LogP contribution in [0, 0.1) is 5.41 Å². The molecule has 1 aliphatic heterocycles. The number of Topliss-reactive ketones (excluding diaryl/α,β-unsaturated/α-hetero) is 1. The van der Waals surface area contributed by atoms with Crippen molar-refractivity contribution in [1.82, 2.24) is 4.90 Å². The van der Waals surface area contributed by atoms with Gasteiger partial charge in [0.25, 0.3) is 0 Å². The number of amides is 1. The van der Waals surface area contributed by atoms with Gasteiger partial charge in [-0.3, -0.25) is 9.59 Å². The Balaban J connectivity index is 2.22. The average molecular weight is 225 g/mol. The van der Waals surface area contributed by atoms with Gasteiger partial charge in [-0.05, 0) is 19.8 Å². The molecule has 1 amide bonds. The summed E-state index contributed by atoms with van der Waals surface area (Å²) in [5.74, 6) is -0.970. The monoisotopic (exact) mass is 225 g/mol. The van der Waals surface area contributed by atoms with Crippen molar-refractivity contribution < 1.29 is 19.1 Å². The molecule has 0 aromatic heterocycles. The number of hydrogen-bond donors (Lipinski definition) is 0. The summed E-state index contributed by atoms with van der Waals surface area (Å²) < 4.78 is 4.84. The fourth-order valence-electron chi connectivity index (χ4n) is 2.23. The highest BCUT2D eigenvalue weighted by Crippen LogP contribution is 2.52. The van der Waals surface area contributed by atoms with E-state index in [4.69, 9.17) is 4.74 Å². The number of nitrogens with zero attached hydrogens (tertiary/aromatic N) is 1. The first-order chi connectivity index (χ1) is 7.52. The Hall–Kier alpha value is -1.39. The molecule has 0 bridgehead atoms. The fraction of sp³-hybridized carbons (Fsp3) is 0.727. The Morgan fingerprint density at radius 1 is 1.50 bits per heavy atom. The van der Waals surface area contributed by atoms with Gasteiger partial charge in [0.2, 0.25) is 5.91 Å². The van der Waals surface area contributed by atoms with E-state index in [1.54, 1.807) is 6.92 Å². The van der Waals surface area contributed by atoms with Crippen LogP contribution in [0.2, 0.25) is 0 Å². The molecule has 5 nitrogen and oxygen atoms in total. The van der Waals surface area contributed by atoms with Gasteiger partial charge in [0.15, 0.2) is 11.8 Å². The third-order valence-electron chi connectivity index (χ3n) is 3.32. The number of likely N-dealkylation sites (tertiary alicyclic amines) is 1. The number of ketones is 1. The van der Waals surface area contributed by atoms with E-state index < -0.39 is 17.4 Å². The molecule has 2 aliphatic rings. The van der Waals surface area contributed by atoms with Crippen LogP contribution in [0.3, 0.4) is 0 Å². The largest absolute Gasteiger partial charge is 0.464 e. The van der Waals surface area contributed by atoms with E-state index in [-0.39, 0.29) is 18.3 Å². The first-order valence-corrected chi connectivity index (χ1v) is 5.50. The molecule has 0 aromatic carbocycles. The second-order valence-electron chi connectivity index (χ2n) is 4.45. The molecule has 0 N–H and O–H groups in total. The lowest BCUT2D eigenvalue weighted by Crippen LogP contribution is -2.43. The normalized spacial score (nSPS) is 26.0. The molecule has 1 aliphatic carbocycles. The van der Waals surface area contributed by atoms with E-state index >= 15 is 0 Å². The van der Waals surface area contributed by atoms with E-state index in [2.05, 4.69) is 0 Å². The molecule has 0 aromatic rings. The fourth-order valence-corrected chi connectivity index (χ4v) is 2.23. The molecule has 5 heteroatoms. The van der Waals surface area contributed by atoms with Crippen molar-refractivity contribution >= 4 is 17.7 Å². The molecule has 1 spiro atoms. The Labute approximate surface area is 93.7 Å². The number of hydrogen-bond acceptors (Lipinski definition) is 4. The number of carbonyl (C=O) groups is 3. The van der Waals surface area contributed by atoms with Gasteiger partial charge in [0.05, 0.1) is 6.61 Å². The van der Waals surface area contributed by atoms with Crippen LogP contribution >= 0.6 is 0 Å². The third kappa shape index (κ3) is 1.50. The zero-order chi connectivity index (χ0) is 11.9. The van der Waals surface area contributed by atoms with Gasteiger partial charge in [-0.15, -0.1) is 0 Å². The lowest BCUT2D eigenvalue weighted by molar-refractivity contribution is -0.154. The molecule has 2 fully saturated rings. The summed E-state index contributed by atoms with van der Waals surface area (Å²) in [5, 5.41) is 0. The second-order valence-corrected chi connectivity index (χ2v) is 4.45. The standard InChI is InChI=1S/C11H15NO4/c1-3-16-10(15)8-9(14)11(4-5-11)6-12(8)7(2)13/h8H,3-6H2,1-2H3/t8-/m0/s1. The molecule has 2 rings (SSSR count). The van der Waals surface area contributed by atoms with Crippen molar-refractivity contribution in [2.45, 2.75) is 32.7 Å². The van der Waals surface area contributed by atoms with Gasteiger partial charge >= 0.3 is 5.97 Å². The predicted molar refractivity (Wildman–Crippen MR) is 54.5 cm³/mol. The van der Waals surface area contributed by atoms with Crippen molar-refractivity contribution in [1.29, 1.82) is 0 Å². The summed E-state index contributed by atoms with van der Waals surface area (Å²) in [6, 6.07) is -1.00. The molecular formula is C11H15NO4. The summed E-state index contributed by atoms with van der Waals surface area (Å²) in [6.45, 7) is 3.66. The van der Waals surface area contributed by atoms with Crippen LogP contribution in [0.15, 0.2) is 0 Å². The van der Waals surface area contributed by atoms with Crippen LogP contribution in [-0.2, 0) is 19.1 Å². The van der Waals surface area contributed by atoms with Crippen molar-refractivity contribution in [2.75, 3.05) is 13.2 Å². The second kappa shape index (κ2) is 3.57. The van der Waals surface area contributed by atoms with Crippen molar-refractivity contribution in [3.8, 4) is 0 Å². The van der Waals surface area contributed by atoms with E-state index in [1.165, 1.54) is 11.8 Å². The van der Waals surface area contributed by atoms with Crippen LogP contribution in [-0.4, -0.2) is 41.8 Å². The van der Waals surface area contributed by atoms with Crippen molar-refractivity contribution in [3.05, 3.63) is 0 Å². The molecule has 16 heavy (non-hydrogen) atoms. The molecule has 0 radical (unpaired) electrons. The summed E-state index contributed by atoms with van der Waals surface area (Å²) in [4.78, 5) is 36.4. The van der Waals surface area contributed by atoms with Gasteiger partial charge in [0.1, 0.15) is 0 Å². The number of rotatable bonds is 2. The van der Waals surface area contributed by atoms with Crippen molar-refractivity contribution in [2.24, 2.45) is 5.41 Å². The van der Waals surface area contributed by atoms with Gasteiger partial charge < -0.3 is 9.64 Å². The number of esters is 1. The topological polar surface area (TPSA) is 63.7 Å². The number of ether oxygens (including phenoxy) is 1. The van der Waals surface area contributed by atoms with Gasteiger partial charge in [-0.2, -0.15) is 0 Å². The quantitative estimate of drug-likeness (QED) is 0.495. The highest BCUT2D eigenvalue weighted by molar-refractivity contribution is 6.11. The van der Waals surface area contributed by atoms with Crippen molar-refractivity contribution in [3.63, 3.8) is 0 Å². The average Bonchev–Trinajstić information content (AvgIpc) is 2.91. The molecule has 0 unspecified atom stereocenters. The molecule has 1 saturated heterocycles. The van der Waals surface area contributed by atoms with Crippen LogP contribution in [0.25, 0.3) is 0 Å². The van der Waals surface area contributed by atoms with Crippen LogP contribution in [0.4, 0.5) is 0 Å². The summed E-state index contributed by atoms with van der Waals surface area (Å²) in [5.41, 5.74) is -0.427. The van der Waals surface area contributed by atoms with Gasteiger partial charge in [-0.1, -0.05) is 0 Å². The Morgan fingerprint density at radius 3 is 2.56 bits per heavy atom. The predicted octanol–water partition coefficient (Wildman–Crippen LogP) is 0.129. The molecule has 88 valence electrons. The Morgan fingerprint density at radius 2 is 2.12 bits per heavy atom.